The van der Waals surface area contributed by atoms with Gasteiger partial charge in [0.15, 0.2) is 0 Å². The van der Waals surface area contributed by atoms with E-state index in [-0.39, 0.29) is 0 Å². The number of anilines is 1. The summed E-state index contributed by atoms with van der Waals surface area (Å²) < 4.78 is 1.05. The largest absolute Gasteiger partial charge is 0.370 e. The van der Waals surface area contributed by atoms with Crippen molar-refractivity contribution in [3.05, 3.63) is 63.1 Å². The monoisotopic (exact) mass is 338 g/mol. The second kappa shape index (κ2) is 6.42. The molecule has 0 spiro atoms. The fourth-order valence-corrected chi connectivity index (χ4v) is 2.83. The van der Waals surface area contributed by atoms with E-state index in [1.54, 1.807) is 0 Å². The summed E-state index contributed by atoms with van der Waals surface area (Å²) in [7, 11) is 2.06. The Morgan fingerprint density at radius 2 is 1.95 bits per heavy atom. The van der Waals surface area contributed by atoms with Crippen molar-refractivity contribution in [2.45, 2.75) is 13.1 Å². The Kier molecular flexibility index (Phi) is 4.86. The first kappa shape index (κ1) is 14.4. The van der Waals surface area contributed by atoms with Crippen LogP contribution in [0.2, 0.25) is 5.02 Å². The molecule has 0 bridgehead atoms. The molecule has 0 saturated heterocycles. The highest BCUT2D eigenvalue weighted by molar-refractivity contribution is 9.10. The van der Waals surface area contributed by atoms with E-state index in [1.165, 1.54) is 5.56 Å². The molecule has 2 N–H and O–H groups in total. The van der Waals surface area contributed by atoms with Gasteiger partial charge in [0.2, 0.25) is 0 Å². The van der Waals surface area contributed by atoms with Crippen LogP contribution in [0.4, 0.5) is 5.69 Å². The average Bonchev–Trinajstić information content (AvgIpc) is 2.38. The first-order chi connectivity index (χ1) is 9.11. The Balaban J connectivity index is 2.25. The molecular weight excluding hydrogens is 324 g/mol. The van der Waals surface area contributed by atoms with Gasteiger partial charge in [0.25, 0.3) is 0 Å². The van der Waals surface area contributed by atoms with Crippen LogP contribution < -0.4 is 10.6 Å². The molecule has 19 heavy (non-hydrogen) atoms. The van der Waals surface area contributed by atoms with Gasteiger partial charge in [-0.1, -0.05) is 45.7 Å². The maximum atomic E-state index is 6.01. The van der Waals surface area contributed by atoms with E-state index in [1.807, 2.05) is 30.3 Å². The number of halogens is 2. The second-order valence-corrected chi connectivity index (χ2v) is 5.72. The number of nitrogens with two attached hydrogens (primary N) is 1. The summed E-state index contributed by atoms with van der Waals surface area (Å²) in [6.07, 6.45) is 0. The number of benzene rings is 2. The average molecular weight is 340 g/mol. The van der Waals surface area contributed by atoms with Crippen LogP contribution in [0, 0.1) is 0 Å². The molecule has 2 aromatic rings. The van der Waals surface area contributed by atoms with Crippen LogP contribution in [0.15, 0.2) is 46.9 Å². The lowest BCUT2D eigenvalue weighted by Crippen LogP contribution is -2.19. The lowest BCUT2D eigenvalue weighted by atomic mass is 10.1. The second-order valence-electron chi connectivity index (χ2n) is 4.43. The molecule has 0 aliphatic heterocycles. The number of hydrogen-bond donors (Lipinski definition) is 1. The fourth-order valence-electron chi connectivity index (χ4n) is 2.10. The SMILES string of the molecule is CN(Cc1cccc(Cl)c1)c1cccc(Br)c1CN. The third-order valence-electron chi connectivity index (χ3n) is 3.02. The van der Waals surface area contributed by atoms with Crippen molar-refractivity contribution in [3.63, 3.8) is 0 Å². The van der Waals surface area contributed by atoms with Crippen LogP contribution in [0.3, 0.4) is 0 Å². The van der Waals surface area contributed by atoms with Gasteiger partial charge in [0, 0.05) is 40.9 Å². The van der Waals surface area contributed by atoms with E-state index in [4.69, 9.17) is 17.3 Å². The zero-order valence-corrected chi connectivity index (χ0v) is 13.1. The molecule has 0 atom stereocenters. The van der Waals surface area contributed by atoms with Crippen molar-refractivity contribution < 1.29 is 0 Å². The molecule has 0 aromatic heterocycles. The van der Waals surface area contributed by atoms with Crippen LogP contribution in [-0.2, 0) is 13.1 Å². The van der Waals surface area contributed by atoms with E-state index >= 15 is 0 Å². The van der Waals surface area contributed by atoms with Gasteiger partial charge in [-0.2, -0.15) is 0 Å². The Hall–Kier alpha value is -1.03. The molecule has 2 rings (SSSR count). The van der Waals surface area contributed by atoms with Crippen LogP contribution in [0.25, 0.3) is 0 Å². The molecule has 0 radical (unpaired) electrons. The number of rotatable bonds is 4. The molecule has 0 heterocycles. The zero-order valence-electron chi connectivity index (χ0n) is 10.7. The van der Waals surface area contributed by atoms with E-state index in [0.29, 0.717) is 6.54 Å². The highest BCUT2D eigenvalue weighted by Crippen LogP contribution is 2.28. The predicted molar refractivity (Wildman–Crippen MR) is 85.6 cm³/mol. The van der Waals surface area contributed by atoms with E-state index < -0.39 is 0 Å². The van der Waals surface area contributed by atoms with Gasteiger partial charge in [0.05, 0.1) is 0 Å². The lowest BCUT2D eigenvalue weighted by Gasteiger charge is -2.23. The maximum Gasteiger partial charge on any atom is 0.0426 e. The first-order valence-electron chi connectivity index (χ1n) is 6.05. The molecule has 0 unspecified atom stereocenters. The van der Waals surface area contributed by atoms with Crippen LogP contribution in [0.1, 0.15) is 11.1 Å². The molecule has 2 aromatic carbocycles. The van der Waals surface area contributed by atoms with Gasteiger partial charge in [-0.05, 0) is 29.8 Å². The Morgan fingerprint density at radius 1 is 1.21 bits per heavy atom. The van der Waals surface area contributed by atoms with Crippen LogP contribution >= 0.6 is 27.5 Å². The van der Waals surface area contributed by atoms with E-state index in [0.717, 1.165) is 27.3 Å². The third kappa shape index (κ3) is 3.50. The van der Waals surface area contributed by atoms with Crippen molar-refractivity contribution in [3.8, 4) is 0 Å². The highest BCUT2D eigenvalue weighted by atomic mass is 79.9. The van der Waals surface area contributed by atoms with Gasteiger partial charge >= 0.3 is 0 Å². The first-order valence-corrected chi connectivity index (χ1v) is 7.22. The minimum absolute atomic E-state index is 0.511. The number of hydrogen-bond acceptors (Lipinski definition) is 2. The molecule has 0 amide bonds. The Labute approximate surface area is 127 Å². The summed E-state index contributed by atoms with van der Waals surface area (Å²) >= 11 is 9.56. The molecule has 0 fully saturated rings. The summed E-state index contributed by atoms with van der Waals surface area (Å²) in [6, 6.07) is 14.0. The lowest BCUT2D eigenvalue weighted by molar-refractivity contribution is 0.902. The van der Waals surface area contributed by atoms with Crippen molar-refractivity contribution >= 4 is 33.2 Å². The van der Waals surface area contributed by atoms with Gasteiger partial charge in [0.1, 0.15) is 0 Å². The van der Waals surface area contributed by atoms with Crippen molar-refractivity contribution in [2.24, 2.45) is 5.73 Å². The molecule has 0 aliphatic rings. The predicted octanol–water partition coefficient (Wildman–Crippen LogP) is 4.20. The number of nitrogens with zero attached hydrogens (tertiary/aromatic N) is 1. The van der Waals surface area contributed by atoms with Crippen molar-refractivity contribution in [2.75, 3.05) is 11.9 Å². The quantitative estimate of drug-likeness (QED) is 0.904. The van der Waals surface area contributed by atoms with Gasteiger partial charge in [-0.3, -0.25) is 0 Å². The normalized spacial score (nSPS) is 10.5. The summed E-state index contributed by atoms with van der Waals surface area (Å²) in [5, 5.41) is 0.763. The third-order valence-corrected chi connectivity index (χ3v) is 4.00. The molecule has 4 heteroatoms. The van der Waals surface area contributed by atoms with Crippen LogP contribution in [0.5, 0.6) is 0 Å². The Morgan fingerprint density at radius 3 is 2.63 bits per heavy atom. The van der Waals surface area contributed by atoms with Gasteiger partial charge < -0.3 is 10.6 Å². The standard InChI is InChI=1S/C15H16BrClN2/c1-19(10-11-4-2-5-12(17)8-11)15-7-3-6-14(16)13(15)9-18/h2-8H,9-10,18H2,1H3. The van der Waals surface area contributed by atoms with Crippen molar-refractivity contribution in [1.29, 1.82) is 0 Å². The molecular formula is C15H16BrClN2. The highest BCUT2D eigenvalue weighted by Gasteiger charge is 2.09. The Bertz CT molecular complexity index is 572. The van der Waals surface area contributed by atoms with Gasteiger partial charge in [-0.15, -0.1) is 0 Å². The summed E-state index contributed by atoms with van der Waals surface area (Å²) in [6.45, 7) is 1.31. The molecule has 0 saturated carbocycles. The van der Waals surface area contributed by atoms with E-state index in [2.05, 4.69) is 40.0 Å². The smallest absolute Gasteiger partial charge is 0.0426 e. The zero-order chi connectivity index (χ0) is 13.8. The van der Waals surface area contributed by atoms with E-state index in [9.17, 15) is 0 Å². The molecule has 100 valence electrons. The minimum Gasteiger partial charge on any atom is -0.370 e. The maximum absolute atomic E-state index is 6.01. The van der Waals surface area contributed by atoms with Crippen LogP contribution in [-0.4, -0.2) is 7.05 Å². The minimum atomic E-state index is 0.511. The summed E-state index contributed by atoms with van der Waals surface area (Å²) in [5.41, 5.74) is 9.26. The topological polar surface area (TPSA) is 29.3 Å². The van der Waals surface area contributed by atoms with Gasteiger partial charge in [-0.25, -0.2) is 0 Å². The van der Waals surface area contributed by atoms with Crippen molar-refractivity contribution in [1.82, 2.24) is 0 Å². The summed E-state index contributed by atoms with van der Waals surface area (Å²) in [5.74, 6) is 0. The molecule has 0 aliphatic carbocycles. The fraction of sp³-hybridized carbons (Fsp3) is 0.200. The molecule has 2 nitrogen and oxygen atoms in total. The summed E-state index contributed by atoms with van der Waals surface area (Å²) in [4.78, 5) is 2.18.